The monoisotopic (exact) mass is 453 g/mol. The number of nitrogens with one attached hydrogen (secondary N) is 2. The van der Waals surface area contributed by atoms with E-state index in [1.165, 1.54) is 0 Å². The van der Waals surface area contributed by atoms with Crippen molar-refractivity contribution in [2.24, 2.45) is 0 Å². The smallest absolute Gasteiger partial charge is 0.265 e. The van der Waals surface area contributed by atoms with Crippen LogP contribution in [-0.4, -0.2) is 32.5 Å². The van der Waals surface area contributed by atoms with Crippen LogP contribution in [0, 0.1) is 0 Å². The van der Waals surface area contributed by atoms with Gasteiger partial charge in [0.15, 0.2) is 11.6 Å². The van der Waals surface area contributed by atoms with Crippen molar-refractivity contribution in [1.82, 2.24) is 9.97 Å². The van der Waals surface area contributed by atoms with Gasteiger partial charge in [-0.3, -0.25) is 4.72 Å². The van der Waals surface area contributed by atoms with Gasteiger partial charge < -0.3 is 10.2 Å². The highest BCUT2D eigenvalue weighted by molar-refractivity contribution is 7.92. The summed E-state index contributed by atoms with van der Waals surface area (Å²) in [6.45, 7) is 0. The Morgan fingerprint density at radius 2 is 1.39 bits per heavy atom. The van der Waals surface area contributed by atoms with E-state index < -0.39 is 10.0 Å². The Labute approximate surface area is 185 Å². The first-order valence-electron chi connectivity index (χ1n) is 9.42. The highest BCUT2D eigenvalue weighted by atomic mass is 35.5. The Hall–Kier alpha value is -3.36. The van der Waals surface area contributed by atoms with Crippen LogP contribution in [0.3, 0.4) is 0 Å². The minimum Gasteiger partial charge on any atom is -0.377 e. The minimum absolute atomic E-state index is 0.0993. The van der Waals surface area contributed by atoms with Crippen LogP contribution in [0.2, 0.25) is 5.02 Å². The summed E-state index contributed by atoms with van der Waals surface area (Å²) in [5.41, 5.74) is 2.47. The number of para-hydroxylation sites is 3. The Morgan fingerprint density at radius 3 is 2.03 bits per heavy atom. The summed E-state index contributed by atoms with van der Waals surface area (Å²) in [6.07, 6.45) is 0. The molecular formula is C22H20ClN5O2S. The second-order valence-electron chi connectivity index (χ2n) is 7.01. The Bertz CT molecular complexity index is 1340. The third-order valence-corrected chi connectivity index (χ3v) is 6.18. The first-order chi connectivity index (χ1) is 14.8. The summed E-state index contributed by atoms with van der Waals surface area (Å²) in [4.78, 5) is 11.0. The Balaban J connectivity index is 1.79. The van der Waals surface area contributed by atoms with Gasteiger partial charge in [0.2, 0.25) is 0 Å². The van der Waals surface area contributed by atoms with Gasteiger partial charge in [-0.25, -0.2) is 18.4 Å². The molecule has 0 atom stereocenters. The van der Waals surface area contributed by atoms with Crippen LogP contribution in [0.15, 0.2) is 77.7 Å². The molecular weight excluding hydrogens is 434 g/mol. The predicted molar refractivity (Wildman–Crippen MR) is 126 cm³/mol. The van der Waals surface area contributed by atoms with E-state index in [1.54, 1.807) is 73.6 Å². The Kier molecular flexibility index (Phi) is 5.67. The van der Waals surface area contributed by atoms with Gasteiger partial charge in [-0.05, 0) is 48.5 Å². The summed E-state index contributed by atoms with van der Waals surface area (Å²) in [6, 6.07) is 21.0. The molecule has 1 aromatic heterocycles. The highest BCUT2D eigenvalue weighted by Crippen LogP contribution is 2.30. The van der Waals surface area contributed by atoms with Crippen LogP contribution in [0.1, 0.15) is 0 Å². The maximum absolute atomic E-state index is 13.3. The number of anilines is 4. The fraction of sp³-hybridized carbons (Fsp3) is 0.0909. The van der Waals surface area contributed by atoms with Crippen LogP contribution in [-0.2, 0) is 10.0 Å². The first kappa shape index (κ1) is 20.9. The molecule has 2 N–H and O–H groups in total. The van der Waals surface area contributed by atoms with Gasteiger partial charge in [-0.15, -0.1) is 0 Å². The van der Waals surface area contributed by atoms with Gasteiger partial charge >= 0.3 is 0 Å². The number of fused-ring (bicyclic) bond motifs is 1. The average molecular weight is 454 g/mol. The second kappa shape index (κ2) is 8.41. The lowest BCUT2D eigenvalue weighted by Gasteiger charge is -2.19. The molecule has 9 heteroatoms. The number of halogens is 1. The van der Waals surface area contributed by atoms with Crippen molar-refractivity contribution >= 4 is 55.7 Å². The molecule has 3 aromatic carbocycles. The largest absolute Gasteiger partial charge is 0.377 e. The molecule has 158 valence electrons. The number of hydrogen-bond donors (Lipinski definition) is 2. The molecule has 0 saturated carbocycles. The van der Waals surface area contributed by atoms with Crippen LogP contribution >= 0.6 is 11.6 Å². The molecule has 0 spiro atoms. The number of hydrogen-bond acceptors (Lipinski definition) is 6. The van der Waals surface area contributed by atoms with E-state index in [0.717, 1.165) is 0 Å². The molecule has 0 radical (unpaired) electrons. The van der Waals surface area contributed by atoms with Gasteiger partial charge in [0.1, 0.15) is 4.90 Å². The fourth-order valence-corrected chi connectivity index (χ4v) is 4.48. The summed E-state index contributed by atoms with van der Waals surface area (Å²) in [5.74, 6) is 0.383. The van der Waals surface area contributed by atoms with E-state index in [1.807, 2.05) is 18.2 Å². The predicted octanol–water partition coefficient (Wildman–Crippen LogP) is 4.89. The molecule has 0 amide bonds. The molecule has 4 aromatic rings. The molecule has 0 saturated heterocycles. The van der Waals surface area contributed by atoms with E-state index in [4.69, 9.17) is 11.6 Å². The normalized spacial score (nSPS) is 11.3. The van der Waals surface area contributed by atoms with Crippen molar-refractivity contribution in [3.8, 4) is 0 Å². The SMILES string of the molecule is CN(C)c1ccccc1S(=O)(=O)Nc1nc2ccccc2nc1Nc1ccc(Cl)cc1. The number of nitrogens with zero attached hydrogens (tertiary/aromatic N) is 3. The van der Waals surface area contributed by atoms with Gasteiger partial charge in [-0.2, -0.15) is 0 Å². The van der Waals surface area contributed by atoms with Crippen molar-refractivity contribution in [2.75, 3.05) is 29.0 Å². The quantitative estimate of drug-likeness (QED) is 0.432. The molecule has 0 fully saturated rings. The van der Waals surface area contributed by atoms with Gasteiger partial charge in [0.25, 0.3) is 10.0 Å². The molecule has 0 aliphatic carbocycles. The van der Waals surface area contributed by atoms with E-state index in [9.17, 15) is 8.42 Å². The van der Waals surface area contributed by atoms with Gasteiger partial charge in [0.05, 0.1) is 16.7 Å². The lowest BCUT2D eigenvalue weighted by molar-refractivity contribution is 0.601. The maximum atomic E-state index is 13.3. The third-order valence-electron chi connectivity index (χ3n) is 4.55. The van der Waals surface area contributed by atoms with Crippen LogP contribution in [0.5, 0.6) is 0 Å². The summed E-state index contributed by atoms with van der Waals surface area (Å²) < 4.78 is 29.1. The van der Waals surface area contributed by atoms with Crippen molar-refractivity contribution in [2.45, 2.75) is 4.90 Å². The topological polar surface area (TPSA) is 87.2 Å². The molecule has 0 bridgehead atoms. The van der Waals surface area contributed by atoms with Crippen molar-refractivity contribution in [3.05, 3.63) is 77.8 Å². The average Bonchev–Trinajstić information content (AvgIpc) is 2.75. The molecule has 4 rings (SSSR count). The van der Waals surface area contributed by atoms with Crippen LogP contribution in [0.25, 0.3) is 11.0 Å². The van der Waals surface area contributed by atoms with Gasteiger partial charge in [-0.1, -0.05) is 35.9 Å². The molecule has 7 nitrogen and oxygen atoms in total. The van der Waals surface area contributed by atoms with E-state index in [0.29, 0.717) is 27.4 Å². The lowest BCUT2D eigenvalue weighted by Crippen LogP contribution is -2.20. The van der Waals surface area contributed by atoms with E-state index in [2.05, 4.69) is 20.0 Å². The van der Waals surface area contributed by atoms with Crippen LogP contribution in [0.4, 0.5) is 23.0 Å². The van der Waals surface area contributed by atoms with E-state index in [-0.39, 0.29) is 16.5 Å². The molecule has 0 unspecified atom stereocenters. The van der Waals surface area contributed by atoms with Crippen molar-refractivity contribution < 1.29 is 8.42 Å². The molecule has 1 heterocycles. The highest BCUT2D eigenvalue weighted by Gasteiger charge is 2.22. The number of rotatable bonds is 6. The summed E-state index contributed by atoms with van der Waals surface area (Å²) in [5, 5.41) is 3.73. The van der Waals surface area contributed by atoms with E-state index >= 15 is 0 Å². The molecule has 31 heavy (non-hydrogen) atoms. The number of aromatic nitrogens is 2. The zero-order valence-electron chi connectivity index (χ0n) is 16.9. The third kappa shape index (κ3) is 4.55. The second-order valence-corrected chi connectivity index (χ2v) is 9.10. The summed E-state index contributed by atoms with van der Waals surface area (Å²) in [7, 11) is -0.356. The zero-order valence-corrected chi connectivity index (χ0v) is 18.4. The maximum Gasteiger partial charge on any atom is 0.265 e. The number of sulfonamides is 1. The van der Waals surface area contributed by atoms with Crippen molar-refractivity contribution in [1.29, 1.82) is 0 Å². The van der Waals surface area contributed by atoms with Gasteiger partial charge in [0, 0.05) is 24.8 Å². The standard InChI is InChI=1S/C22H20ClN5O2S/c1-28(2)19-9-5-6-10-20(19)31(29,30)27-22-21(24-16-13-11-15(23)12-14-16)25-17-7-3-4-8-18(17)26-22/h3-14H,1-2H3,(H,24,25)(H,26,27). The Morgan fingerprint density at radius 1 is 0.806 bits per heavy atom. The van der Waals surface area contributed by atoms with Crippen LogP contribution < -0.4 is 14.9 Å². The van der Waals surface area contributed by atoms with Crippen molar-refractivity contribution in [3.63, 3.8) is 0 Å². The first-order valence-corrected chi connectivity index (χ1v) is 11.3. The fourth-order valence-electron chi connectivity index (χ4n) is 3.06. The zero-order chi connectivity index (χ0) is 22.0. The molecule has 0 aliphatic rings. The lowest BCUT2D eigenvalue weighted by atomic mass is 10.3. The number of benzene rings is 3. The minimum atomic E-state index is -3.93. The molecule has 0 aliphatic heterocycles. The summed E-state index contributed by atoms with van der Waals surface area (Å²) >= 11 is 5.97.